The lowest BCUT2D eigenvalue weighted by atomic mass is 10.1. The Morgan fingerprint density at radius 3 is 2.63 bits per heavy atom. The second-order valence-electron chi connectivity index (χ2n) is 4.55. The molecule has 0 atom stereocenters. The van der Waals surface area contributed by atoms with Gasteiger partial charge in [0.15, 0.2) is 0 Å². The number of para-hydroxylation sites is 1. The molecule has 0 fully saturated rings. The number of nitro groups is 1. The van der Waals surface area contributed by atoms with Crippen molar-refractivity contribution < 1.29 is 4.92 Å². The van der Waals surface area contributed by atoms with E-state index in [4.69, 9.17) is 0 Å². The van der Waals surface area contributed by atoms with Gasteiger partial charge in [0.25, 0.3) is 5.69 Å². The maximum Gasteiger partial charge on any atom is 0.278 e. The molecular weight excluding hydrogens is 240 g/mol. The molecule has 0 amide bonds. The van der Waals surface area contributed by atoms with Crippen LogP contribution in [0.1, 0.15) is 5.56 Å². The summed E-state index contributed by atoms with van der Waals surface area (Å²) in [6.07, 6.45) is 0. The molecule has 0 unspecified atom stereocenters. The molecule has 4 nitrogen and oxygen atoms in total. The molecule has 2 aromatic carbocycles. The standard InChI is InChI=1S/C15H12N2O2/c1-10-6-7-15(17(18)19)12(8-10)14-9-11-4-2-3-5-13(11)16-14/h2-9,16H,1H3. The van der Waals surface area contributed by atoms with Crippen LogP contribution < -0.4 is 0 Å². The van der Waals surface area contributed by atoms with E-state index in [1.807, 2.05) is 43.3 Å². The normalized spacial score (nSPS) is 10.8. The number of hydrogen-bond donors (Lipinski definition) is 1. The molecule has 94 valence electrons. The third-order valence-corrected chi connectivity index (χ3v) is 3.17. The van der Waals surface area contributed by atoms with Crippen molar-refractivity contribution in [3.05, 3.63) is 64.2 Å². The van der Waals surface area contributed by atoms with Crippen LogP contribution in [0.25, 0.3) is 22.2 Å². The number of nitrogens with one attached hydrogen (secondary N) is 1. The van der Waals surface area contributed by atoms with Crippen molar-refractivity contribution in [2.45, 2.75) is 6.92 Å². The van der Waals surface area contributed by atoms with Crippen molar-refractivity contribution in [1.29, 1.82) is 0 Å². The van der Waals surface area contributed by atoms with Crippen molar-refractivity contribution in [2.24, 2.45) is 0 Å². The van der Waals surface area contributed by atoms with Gasteiger partial charge >= 0.3 is 0 Å². The van der Waals surface area contributed by atoms with E-state index in [0.29, 0.717) is 5.56 Å². The number of benzene rings is 2. The highest BCUT2D eigenvalue weighted by atomic mass is 16.6. The van der Waals surface area contributed by atoms with Crippen LogP contribution in [-0.4, -0.2) is 9.91 Å². The third kappa shape index (κ3) is 1.97. The fourth-order valence-corrected chi connectivity index (χ4v) is 2.24. The molecule has 1 aromatic heterocycles. The summed E-state index contributed by atoms with van der Waals surface area (Å²) in [5.74, 6) is 0. The molecule has 0 aliphatic heterocycles. The number of fused-ring (bicyclic) bond motifs is 1. The quantitative estimate of drug-likeness (QED) is 0.552. The van der Waals surface area contributed by atoms with Crippen LogP contribution in [0.5, 0.6) is 0 Å². The molecule has 0 bridgehead atoms. The first-order valence-corrected chi connectivity index (χ1v) is 5.98. The maximum absolute atomic E-state index is 11.1. The highest BCUT2D eigenvalue weighted by Gasteiger charge is 2.16. The van der Waals surface area contributed by atoms with E-state index in [9.17, 15) is 10.1 Å². The number of nitro benzene ring substituents is 1. The molecule has 1 N–H and O–H groups in total. The van der Waals surface area contributed by atoms with Gasteiger partial charge in [0.2, 0.25) is 0 Å². The number of hydrogen-bond acceptors (Lipinski definition) is 2. The summed E-state index contributed by atoms with van der Waals surface area (Å²) in [6, 6.07) is 14.9. The van der Waals surface area contributed by atoms with Crippen LogP contribution in [0.15, 0.2) is 48.5 Å². The summed E-state index contributed by atoms with van der Waals surface area (Å²) in [5.41, 5.74) is 3.50. The lowest BCUT2D eigenvalue weighted by Crippen LogP contribution is -1.92. The van der Waals surface area contributed by atoms with E-state index >= 15 is 0 Å². The van der Waals surface area contributed by atoms with Crippen LogP contribution in [0.4, 0.5) is 5.69 Å². The second kappa shape index (κ2) is 4.24. The maximum atomic E-state index is 11.1. The Kier molecular flexibility index (Phi) is 2.56. The number of nitrogens with zero attached hydrogens (tertiary/aromatic N) is 1. The highest BCUT2D eigenvalue weighted by molar-refractivity contribution is 5.87. The van der Waals surface area contributed by atoms with Crippen LogP contribution in [0, 0.1) is 17.0 Å². The van der Waals surface area contributed by atoms with Crippen molar-refractivity contribution in [3.63, 3.8) is 0 Å². The fraction of sp³-hybridized carbons (Fsp3) is 0.0667. The summed E-state index contributed by atoms with van der Waals surface area (Å²) < 4.78 is 0. The first kappa shape index (κ1) is 11.5. The first-order chi connectivity index (χ1) is 9.15. The predicted molar refractivity (Wildman–Crippen MR) is 75.1 cm³/mol. The number of aromatic nitrogens is 1. The molecule has 3 rings (SSSR count). The predicted octanol–water partition coefficient (Wildman–Crippen LogP) is 4.05. The van der Waals surface area contributed by atoms with E-state index in [1.54, 1.807) is 12.1 Å². The Bertz CT molecular complexity index is 742. The molecule has 0 spiro atoms. The van der Waals surface area contributed by atoms with E-state index in [0.717, 1.165) is 22.2 Å². The fourth-order valence-electron chi connectivity index (χ4n) is 2.24. The van der Waals surface area contributed by atoms with E-state index in [-0.39, 0.29) is 10.6 Å². The zero-order chi connectivity index (χ0) is 13.4. The summed E-state index contributed by atoms with van der Waals surface area (Å²) in [4.78, 5) is 14.0. The molecule has 1 heterocycles. The molecular formula is C15H12N2O2. The highest BCUT2D eigenvalue weighted by Crippen LogP contribution is 2.32. The molecule has 19 heavy (non-hydrogen) atoms. The minimum atomic E-state index is -0.347. The van der Waals surface area contributed by atoms with Gasteiger partial charge in [-0.15, -0.1) is 0 Å². The minimum absolute atomic E-state index is 0.122. The van der Waals surface area contributed by atoms with Gasteiger partial charge in [-0.05, 0) is 30.7 Å². The average Bonchev–Trinajstić information content (AvgIpc) is 2.81. The minimum Gasteiger partial charge on any atom is -0.354 e. The van der Waals surface area contributed by atoms with Crippen molar-refractivity contribution in [2.75, 3.05) is 0 Å². The third-order valence-electron chi connectivity index (χ3n) is 3.17. The molecule has 4 heteroatoms. The van der Waals surface area contributed by atoms with E-state index in [1.165, 1.54) is 0 Å². The van der Waals surface area contributed by atoms with Crippen LogP contribution in [0.2, 0.25) is 0 Å². The first-order valence-electron chi connectivity index (χ1n) is 5.98. The summed E-state index contributed by atoms with van der Waals surface area (Å²) >= 11 is 0. The lowest BCUT2D eigenvalue weighted by Gasteiger charge is -2.02. The monoisotopic (exact) mass is 252 g/mol. The molecule has 0 aliphatic rings. The Morgan fingerprint density at radius 2 is 1.89 bits per heavy atom. The van der Waals surface area contributed by atoms with Crippen LogP contribution >= 0.6 is 0 Å². The van der Waals surface area contributed by atoms with Gasteiger partial charge in [-0.1, -0.05) is 24.3 Å². The Labute approximate surface area is 109 Å². The largest absolute Gasteiger partial charge is 0.354 e. The van der Waals surface area contributed by atoms with E-state index < -0.39 is 0 Å². The van der Waals surface area contributed by atoms with Gasteiger partial charge in [-0.25, -0.2) is 0 Å². The number of H-pyrrole nitrogens is 1. The Hall–Kier alpha value is -2.62. The smallest absolute Gasteiger partial charge is 0.278 e. The van der Waals surface area contributed by atoms with Gasteiger partial charge < -0.3 is 4.98 Å². The average molecular weight is 252 g/mol. The van der Waals surface area contributed by atoms with Crippen LogP contribution in [0.3, 0.4) is 0 Å². The van der Waals surface area contributed by atoms with Gasteiger partial charge in [-0.3, -0.25) is 10.1 Å². The zero-order valence-corrected chi connectivity index (χ0v) is 10.4. The molecule has 3 aromatic rings. The van der Waals surface area contributed by atoms with Gasteiger partial charge in [0.1, 0.15) is 0 Å². The van der Waals surface area contributed by atoms with Gasteiger partial charge in [-0.2, -0.15) is 0 Å². The van der Waals surface area contributed by atoms with Crippen molar-refractivity contribution >= 4 is 16.6 Å². The number of rotatable bonds is 2. The summed E-state index contributed by atoms with van der Waals surface area (Å²) in [7, 11) is 0. The number of aryl methyl sites for hydroxylation is 1. The van der Waals surface area contributed by atoms with Crippen LogP contribution in [-0.2, 0) is 0 Å². The molecule has 0 aliphatic carbocycles. The summed E-state index contributed by atoms with van der Waals surface area (Å²) in [6.45, 7) is 1.93. The lowest BCUT2D eigenvalue weighted by molar-refractivity contribution is -0.384. The van der Waals surface area contributed by atoms with Gasteiger partial charge in [0.05, 0.1) is 16.2 Å². The van der Waals surface area contributed by atoms with Crippen molar-refractivity contribution in [1.82, 2.24) is 4.98 Å². The van der Waals surface area contributed by atoms with Gasteiger partial charge in [0, 0.05) is 17.0 Å². The number of aromatic amines is 1. The SMILES string of the molecule is Cc1ccc([N+](=O)[O-])c(-c2cc3ccccc3[nH]2)c1. The van der Waals surface area contributed by atoms with E-state index in [2.05, 4.69) is 4.98 Å². The topological polar surface area (TPSA) is 58.9 Å². The molecule has 0 radical (unpaired) electrons. The summed E-state index contributed by atoms with van der Waals surface area (Å²) in [5, 5.41) is 12.2. The second-order valence-corrected chi connectivity index (χ2v) is 4.55. The Morgan fingerprint density at radius 1 is 1.11 bits per heavy atom. The molecule has 0 saturated carbocycles. The zero-order valence-electron chi connectivity index (χ0n) is 10.4. The molecule has 0 saturated heterocycles. The Balaban J connectivity index is 2.25. The van der Waals surface area contributed by atoms with Crippen molar-refractivity contribution in [3.8, 4) is 11.3 Å².